The summed E-state index contributed by atoms with van der Waals surface area (Å²) >= 11 is 0. The number of nitrogens with one attached hydrogen (secondary N) is 1. The molecule has 1 amide bonds. The number of nitrogens with zero attached hydrogens (tertiary/aromatic N) is 1. The highest BCUT2D eigenvalue weighted by Crippen LogP contribution is 2.15. The predicted octanol–water partition coefficient (Wildman–Crippen LogP) is 1.20. The van der Waals surface area contributed by atoms with Crippen LogP contribution in [0.15, 0.2) is 24.3 Å². The Bertz CT molecular complexity index is 352. The smallest absolute Gasteiger partial charge is 0.235 e. The SMILES string of the molecule is CCN(CCC(=O)NN)c1cccc(C)c1. The second kappa shape index (κ2) is 6.12. The first-order valence-electron chi connectivity index (χ1n) is 5.48. The largest absolute Gasteiger partial charge is 0.371 e. The number of hydrogen-bond acceptors (Lipinski definition) is 3. The second-order valence-electron chi connectivity index (χ2n) is 3.74. The summed E-state index contributed by atoms with van der Waals surface area (Å²) in [4.78, 5) is 13.2. The highest BCUT2D eigenvalue weighted by Gasteiger charge is 2.06. The summed E-state index contributed by atoms with van der Waals surface area (Å²) in [6, 6.07) is 8.25. The number of carbonyl (C=O) groups is 1. The predicted molar refractivity (Wildman–Crippen MR) is 66.0 cm³/mol. The molecular formula is C12H19N3O. The molecule has 1 rings (SSSR count). The molecule has 0 aliphatic rings. The lowest BCUT2D eigenvalue weighted by Crippen LogP contribution is -2.34. The number of hydrazine groups is 1. The lowest BCUT2D eigenvalue weighted by atomic mass is 10.2. The van der Waals surface area contributed by atoms with Crippen molar-refractivity contribution >= 4 is 11.6 Å². The number of carbonyl (C=O) groups excluding carboxylic acids is 1. The molecular weight excluding hydrogens is 202 g/mol. The van der Waals surface area contributed by atoms with Gasteiger partial charge in [-0.25, -0.2) is 5.84 Å². The zero-order valence-corrected chi connectivity index (χ0v) is 9.86. The Morgan fingerprint density at radius 3 is 2.81 bits per heavy atom. The minimum absolute atomic E-state index is 0.133. The van der Waals surface area contributed by atoms with Crippen molar-refractivity contribution in [3.63, 3.8) is 0 Å². The normalized spacial score (nSPS) is 9.94. The maximum absolute atomic E-state index is 11.1. The van der Waals surface area contributed by atoms with Crippen LogP contribution in [0, 0.1) is 6.92 Å². The van der Waals surface area contributed by atoms with Crippen LogP contribution in [0.3, 0.4) is 0 Å². The number of amides is 1. The van der Waals surface area contributed by atoms with Crippen LogP contribution in [-0.2, 0) is 4.79 Å². The molecule has 1 aromatic rings. The number of nitrogens with two attached hydrogens (primary N) is 1. The van der Waals surface area contributed by atoms with Crippen LogP contribution in [-0.4, -0.2) is 19.0 Å². The summed E-state index contributed by atoms with van der Waals surface area (Å²) in [5.74, 6) is 4.91. The molecule has 0 saturated heterocycles. The Morgan fingerprint density at radius 1 is 1.50 bits per heavy atom. The Balaban J connectivity index is 2.64. The molecule has 4 nitrogen and oxygen atoms in total. The van der Waals surface area contributed by atoms with Gasteiger partial charge in [0.05, 0.1) is 0 Å². The van der Waals surface area contributed by atoms with Crippen molar-refractivity contribution in [3.05, 3.63) is 29.8 Å². The first-order valence-corrected chi connectivity index (χ1v) is 5.48. The summed E-state index contributed by atoms with van der Waals surface area (Å²) < 4.78 is 0. The van der Waals surface area contributed by atoms with Crippen LogP contribution < -0.4 is 16.2 Å². The van der Waals surface area contributed by atoms with Crippen LogP contribution in [0.1, 0.15) is 18.9 Å². The molecule has 0 spiro atoms. The minimum Gasteiger partial charge on any atom is -0.371 e. The maximum Gasteiger partial charge on any atom is 0.235 e. The fourth-order valence-electron chi connectivity index (χ4n) is 1.60. The molecule has 0 radical (unpaired) electrons. The molecule has 0 bridgehead atoms. The van der Waals surface area contributed by atoms with Crippen molar-refractivity contribution in [2.45, 2.75) is 20.3 Å². The van der Waals surface area contributed by atoms with E-state index in [2.05, 4.69) is 42.4 Å². The van der Waals surface area contributed by atoms with E-state index in [0.717, 1.165) is 12.2 Å². The third-order valence-electron chi connectivity index (χ3n) is 2.52. The third-order valence-corrected chi connectivity index (χ3v) is 2.52. The number of aryl methyl sites for hydroxylation is 1. The topological polar surface area (TPSA) is 58.4 Å². The lowest BCUT2D eigenvalue weighted by molar-refractivity contribution is -0.120. The van der Waals surface area contributed by atoms with Crippen LogP contribution in [0.2, 0.25) is 0 Å². The van der Waals surface area contributed by atoms with E-state index in [1.54, 1.807) is 0 Å². The van der Waals surface area contributed by atoms with Crippen molar-refractivity contribution in [2.75, 3.05) is 18.0 Å². The first kappa shape index (κ1) is 12.5. The Hall–Kier alpha value is -1.55. The van der Waals surface area contributed by atoms with Crippen LogP contribution in [0.4, 0.5) is 5.69 Å². The van der Waals surface area contributed by atoms with Gasteiger partial charge in [-0.3, -0.25) is 10.2 Å². The summed E-state index contributed by atoms with van der Waals surface area (Å²) in [6.07, 6.45) is 0.415. The van der Waals surface area contributed by atoms with Crippen LogP contribution in [0.25, 0.3) is 0 Å². The number of benzene rings is 1. The van der Waals surface area contributed by atoms with E-state index in [9.17, 15) is 4.79 Å². The average Bonchev–Trinajstić information content (AvgIpc) is 2.29. The van der Waals surface area contributed by atoms with Gasteiger partial charge in [0.1, 0.15) is 0 Å². The Kier molecular flexibility index (Phi) is 4.79. The molecule has 0 aliphatic carbocycles. The summed E-state index contributed by atoms with van der Waals surface area (Å²) in [6.45, 7) is 5.69. The van der Waals surface area contributed by atoms with E-state index < -0.39 is 0 Å². The van der Waals surface area contributed by atoms with Crippen molar-refractivity contribution in [1.29, 1.82) is 0 Å². The Morgan fingerprint density at radius 2 is 2.25 bits per heavy atom. The van der Waals surface area contributed by atoms with Crippen molar-refractivity contribution in [1.82, 2.24) is 5.43 Å². The standard InChI is InChI=1S/C12H19N3O/c1-3-15(8-7-12(16)14-13)11-6-4-5-10(2)9-11/h4-6,9H,3,7-8,13H2,1-2H3,(H,14,16). The average molecular weight is 221 g/mol. The van der Waals surface area contributed by atoms with E-state index >= 15 is 0 Å². The molecule has 0 aromatic heterocycles. The fraction of sp³-hybridized carbons (Fsp3) is 0.417. The molecule has 0 fully saturated rings. The Labute approximate surface area is 96.4 Å². The third kappa shape index (κ3) is 3.55. The number of rotatable bonds is 5. The quantitative estimate of drug-likeness (QED) is 0.446. The van der Waals surface area contributed by atoms with Gasteiger partial charge in [-0.2, -0.15) is 0 Å². The minimum atomic E-state index is -0.133. The molecule has 4 heteroatoms. The maximum atomic E-state index is 11.1. The molecule has 88 valence electrons. The van der Waals surface area contributed by atoms with Gasteiger partial charge in [-0.05, 0) is 31.5 Å². The van der Waals surface area contributed by atoms with Crippen molar-refractivity contribution in [3.8, 4) is 0 Å². The van der Waals surface area contributed by atoms with Gasteiger partial charge in [0.15, 0.2) is 0 Å². The highest BCUT2D eigenvalue weighted by atomic mass is 16.2. The van der Waals surface area contributed by atoms with E-state index in [1.807, 2.05) is 6.07 Å². The second-order valence-corrected chi connectivity index (χ2v) is 3.74. The molecule has 0 unspecified atom stereocenters. The molecule has 0 saturated carbocycles. The van der Waals surface area contributed by atoms with Crippen LogP contribution in [0.5, 0.6) is 0 Å². The van der Waals surface area contributed by atoms with E-state index in [-0.39, 0.29) is 5.91 Å². The van der Waals surface area contributed by atoms with Crippen LogP contribution >= 0.6 is 0 Å². The fourth-order valence-corrected chi connectivity index (χ4v) is 1.60. The van der Waals surface area contributed by atoms with Gasteiger partial charge >= 0.3 is 0 Å². The zero-order chi connectivity index (χ0) is 12.0. The first-order chi connectivity index (χ1) is 7.67. The monoisotopic (exact) mass is 221 g/mol. The van der Waals surface area contributed by atoms with E-state index in [4.69, 9.17) is 5.84 Å². The number of hydrogen-bond donors (Lipinski definition) is 2. The van der Waals surface area contributed by atoms with Gasteiger partial charge in [-0.15, -0.1) is 0 Å². The van der Waals surface area contributed by atoms with E-state index in [1.165, 1.54) is 5.56 Å². The van der Waals surface area contributed by atoms with Crippen molar-refractivity contribution in [2.24, 2.45) is 5.84 Å². The van der Waals surface area contributed by atoms with E-state index in [0.29, 0.717) is 13.0 Å². The van der Waals surface area contributed by atoms with Gasteiger partial charge in [-0.1, -0.05) is 12.1 Å². The molecule has 16 heavy (non-hydrogen) atoms. The lowest BCUT2D eigenvalue weighted by Gasteiger charge is -2.23. The summed E-state index contributed by atoms with van der Waals surface area (Å²) in [5.41, 5.74) is 4.51. The van der Waals surface area contributed by atoms with Gasteiger partial charge in [0.2, 0.25) is 5.91 Å². The molecule has 1 aromatic carbocycles. The van der Waals surface area contributed by atoms with Gasteiger partial charge in [0.25, 0.3) is 0 Å². The summed E-state index contributed by atoms with van der Waals surface area (Å²) in [7, 11) is 0. The van der Waals surface area contributed by atoms with Gasteiger partial charge in [0, 0.05) is 25.2 Å². The molecule has 0 heterocycles. The van der Waals surface area contributed by atoms with Crippen molar-refractivity contribution < 1.29 is 4.79 Å². The van der Waals surface area contributed by atoms with Gasteiger partial charge < -0.3 is 4.90 Å². The molecule has 0 atom stereocenters. The molecule has 0 aliphatic heterocycles. The summed E-state index contributed by atoms with van der Waals surface area (Å²) in [5, 5.41) is 0. The highest BCUT2D eigenvalue weighted by molar-refractivity contribution is 5.75. The zero-order valence-electron chi connectivity index (χ0n) is 9.86. The number of anilines is 1. The molecule has 3 N–H and O–H groups in total.